The molecule has 1 fully saturated rings. The average Bonchev–Trinajstić information content (AvgIpc) is 3.21. The molecule has 2 aromatic carbocycles. The molecule has 11 heteroatoms. The largest absolute Gasteiger partial charge is 0.497 e. The lowest BCUT2D eigenvalue weighted by Crippen LogP contribution is -2.34. The number of carbonyl (C=O) groups is 2. The van der Waals surface area contributed by atoms with Gasteiger partial charge >= 0.3 is 19.5 Å². The van der Waals surface area contributed by atoms with E-state index < -0.39 is 43.4 Å². The minimum Gasteiger partial charge on any atom is -0.497 e. The fraction of sp³-hybridized carbons (Fsp3) is 0.391. The van der Waals surface area contributed by atoms with Crippen molar-refractivity contribution in [1.82, 2.24) is 5.06 Å². The van der Waals surface area contributed by atoms with Gasteiger partial charge in [0.2, 0.25) is 0 Å². The summed E-state index contributed by atoms with van der Waals surface area (Å²) in [6, 6.07) is 13.9. The van der Waals surface area contributed by atoms with Gasteiger partial charge < -0.3 is 24.0 Å². The third-order valence-electron chi connectivity index (χ3n) is 5.42. The third-order valence-corrected chi connectivity index (χ3v) is 7.78. The topological polar surface area (TPSA) is 132 Å². The van der Waals surface area contributed by atoms with E-state index in [2.05, 4.69) is 0 Å². The summed E-state index contributed by atoms with van der Waals surface area (Å²) in [6.45, 7) is 3.40. The number of hydrogen-bond acceptors (Lipinski definition) is 8. The van der Waals surface area contributed by atoms with Gasteiger partial charge in [0, 0.05) is 0 Å². The number of nitrogens with zero attached hydrogens (tertiary/aromatic N) is 1. The Labute approximate surface area is 197 Å². The van der Waals surface area contributed by atoms with Crippen molar-refractivity contribution in [1.29, 1.82) is 0 Å². The standard InChI is InChI=1S/C23H28NO9P/c1-4-31-34(29,32-5-2)21(16-9-7-6-8-10-16)24-19(15-11-13-17(30-3)14-12-15)18(22(25)26)20(33-24)23(27)28/h6-14,18-21H,4-5H2,1-3H3,(H,25,26)(H,27,28)/t18-,19-,20+,21?/m1/s1. The van der Waals surface area contributed by atoms with Crippen LogP contribution in [0.25, 0.3) is 0 Å². The summed E-state index contributed by atoms with van der Waals surface area (Å²) in [5.41, 5.74) is 0.902. The van der Waals surface area contributed by atoms with E-state index in [0.717, 1.165) is 5.06 Å². The van der Waals surface area contributed by atoms with Gasteiger partial charge in [-0.1, -0.05) is 42.5 Å². The molecule has 2 aromatic rings. The Morgan fingerprint density at radius 1 is 1.00 bits per heavy atom. The van der Waals surface area contributed by atoms with Crippen LogP contribution in [0.15, 0.2) is 54.6 Å². The molecule has 1 heterocycles. The molecule has 4 atom stereocenters. The van der Waals surface area contributed by atoms with Crippen molar-refractivity contribution in [2.45, 2.75) is 31.8 Å². The van der Waals surface area contributed by atoms with E-state index in [4.69, 9.17) is 18.6 Å². The molecule has 1 unspecified atom stereocenters. The number of methoxy groups -OCH3 is 1. The molecule has 1 aliphatic rings. The molecule has 0 amide bonds. The fourth-order valence-electron chi connectivity index (χ4n) is 4.05. The molecule has 184 valence electrons. The Morgan fingerprint density at radius 3 is 2.06 bits per heavy atom. The van der Waals surface area contributed by atoms with Gasteiger partial charge in [-0.05, 0) is 37.1 Å². The van der Waals surface area contributed by atoms with Crippen molar-refractivity contribution in [2.24, 2.45) is 5.92 Å². The van der Waals surface area contributed by atoms with Crippen molar-refractivity contribution in [2.75, 3.05) is 20.3 Å². The summed E-state index contributed by atoms with van der Waals surface area (Å²) in [5.74, 6) is -5.03. The van der Waals surface area contributed by atoms with Crippen LogP contribution in [0.5, 0.6) is 5.75 Å². The van der Waals surface area contributed by atoms with Crippen LogP contribution < -0.4 is 4.74 Å². The molecule has 3 rings (SSSR count). The van der Waals surface area contributed by atoms with Gasteiger partial charge in [0.25, 0.3) is 0 Å². The maximum absolute atomic E-state index is 14.1. The average molecular weight is 493 g/mol. The zero-order valence-electron chi connectivity index (χ0n) is 19.1. The molecule has 0 saturated carbocycles. The highest BCUT2D eigenvalue weighted by Crippen LogP contribution is 2.65. The lowest BCUT2D eigenvalue weighted by atomic mass is 9.89. The summed E-state index contributed by atoms with van der Waals surface area (Å²) >= 11 is 0. The van der Waals surface area contributed by atoms with Crippen LogP contribution in [0.1, 0.15) is 36.8 Å². The molecule has 0 spiro atoms. The van der Waals surface area contributed by atoms with E-state index >= 15 is 0 Å². The zero-order valence-corrected chi connectivity index (χ0v) is 20.0. The lowest BCUT2D eigenvalue weighted by Gasteiger charge is -2.36. The summed E-state index contributed by atoms with van der Waals surface area (Å²) in [5, 5.41) is 21.0. The molecular weight excluding hydrogens is 465 g/mol. The highest BCUT2D eigenvalue weighted by atomic mass is 31.2. The first kappa shape index (κ1) is 25.9. The van der Waals surface area contributed by atoms with E-state index in [1.807, 2.05) is 0 Å². The van der Waals surface area contributed by atoms with Gasteiger partial charge in [-0.25, -0.2) is 4.79 Å². The van der Waals surface area contributed by atoms with Crippen molar-refractivity contribution < 1.29 is 43.0 Å². The number of carboxylic acid groups (broad SMARTS) is 2. The van der Waals surface area contributed by atoms with Gasteiger partial charge in [-0.2, -0.15) is 5.06 Å². The molecular formula is C23H28NO9P. The molecule has 0 radical (unpaired) electrons. The maximum atomic E-state index is 14.1. The molecule has 0 aromatic heterocycles. The number of carboxylic acids is 2. The number of benzene rings is 2. The minimum atomic E-state index is -4.00. The van der Waals surface area contributed by atoms with E-state index in [9.17, 15) is 24.4 Å². The van der Waals surface area contributed by atoms with Crippen LogP contribution in [-0.4, -0.2) is 53.6 Å². The number of ether oxygens (including phenoxy) is 1. The number of aliphatic carboxylic acids is 2. The first-order valence-electron chi connectivity index (χ1n) is 10.8. The SMILES string of the molecule is CCOP(=O)(OCC)C(c1ccccc1)N1O[C@H](C(=O)O)[C@H](C(=O)O)[C@H]1c1ccc(OC)cc1. The van der Waals surface area contributed by atoms with Crippen molar-refractivity contribution in [3.05, 3.63) is 65.7 Å². The summed E-state index contributed by atoms with van der Waals surface area (Å²) in [4.78, 5) is 30.1. The number of hydroxylamine groups is 2. The van der Waals surface area contributed by atoms with Gasteiger partial charge in [0.05, 0.1) is 26.4 Å². The quantitative estimate of drug-likeness (QED) is 0.441. The van der Waals surface area contributed by atoms with E-state index in [1.165, 1.54) is 7.11 Å². The van der Waals surface area contributed by atoms with E-state index in [1.54, 1.807) is 68.4 Å². The highest BCUT2D eigenvalue weighted by Gasteiger charge is 2.58. The molecule has 1 saturated heterocycles. The molecule has 0 bridgehead atoms. The Hall–Kier alpha value is -2.75. The molecule has 2 N–H and O–H groups in total. The van der Waals surface area contributed by atoms with Crippen LogP contribution in [0, 0.1) is 5.92 Å². The fourth-order valence-corrected chi connectivity index (χ4v) is 6.14. The minimum absolute atomic E-state index is 0.0480. The van der Waals surface area contributed by atoms with E-state index in [0.29, 0.717) is 16.9 Å². The highest BCUT2D eigenvalue weighted by molar-refractivity contribution is 7.54. The Kier molecular flexibility index (Phi) is 8.46. The molecule has 10 nitrogen and oxygen atoms in total. The van der Waals surface area contributed by atoms with Crippen LogP contribution in [0.3, 0.4) is 0 Å². The smallest absolute Gasteiger partial charge is 0.354 e. The Morgan fingerprint density at radius 2 is 1.59 bits per heavy atom. The molecule has 0 aliphatic carbocycles. The lowest BCUT2D eigenvalue weighted by molar-refractivity contribution is -0.195. The second kappa shape index (κ2) is 11.1. The summed E-state index contributed by atoms with van der Waals surface area (Å²) in [7, 11) is -2.50. The van der Waals surface area contributed by atoms with Gasteiger partial charge in [-0.15, -0.1) is 0 Å². The monoisotopic (exact) mass is 493 g/mol. The zero-order chi connectivity index (χ0) is 24.9. The first-order valence-corrected chi connectivity index (χ1v) is 12.4. The summed E-state index contributed by atoms with van der Waals surface area (Å²) in [6.07, 6.45) is -1.73. The van der Waals surface area contributed by atoms with Crippen LogP contribution in [0.4, 0.5) is 0 Å². The summed E-state index contributed by atoms with van der Waals surface area (Å²) < 4.78 is 30.5. The number of rotatable bonds is 11. The Bertz CT molecular complexity index is 1020. The van der Waals surface area contributed by atoms with Gasteiger partial charge in [0.1, 0.15) is 11.7 Å². The van der Waals surface area contributed by atoms with Crippen LogP contribution >= 0.6 is 7.60 Å². The van der Waals surface area contributed by atoms with E-state index in [-0.39, 0.29) is 13.2 Å². The molecule has 34 heavy (non-hydrogen) atoms. The van der Waals surface area contributed by atoms with Crippen molar-refractivity contribution in [3.8, 4) is 5.75 Å². The normalized spacial score (nSPS) is 21.8. The molecule has 1 aliphatic heterocycles. The van der Waals surface area contributed by atoms with Crippen molar-refractivity contribution >= 4 is 19.5 Å². The van der Waals surface area contributed by atoms with Crippen LogP contribution in [0.2, 0.25) is 0 Å². The third kappa shape index (κ3) is 5.16. The maximum Gasteiger partial charge on any atom is 0.354 e. The number of hydrogen-bond donors (Lipinski definition) is 2. The predicted molar refractivity (Wildman–Crippen MR) is 121 cm³/mol. The predicted octanol–water partition coefficient (Wildman–Crippen LogP) is 4.10. The second-order valence-electron chi connectivity index (χ2n) is 7.47. The van der Waals surface area contributed by atoms with Gasteiger partial charge in [-0.3, -0.25) is 14.2 Å². The second-order valence-corrected chi connectivity index (χ2v) is 9.55. The van der Waals surface area contributed by atoms with Gasteiger partial charge in [0.15, 0.2) is 11.9 Å². The van der Waals surface area contributed by atoms with Crippen LogP contribution in [-0.2, 0) is 28.0 Å². The first-order chi connectivity index (χ1) is 16.3. The Balaban J connectivity index is 2.24. The van der Waals surface area contributed by atoms with Crippen molar-refractivity contribution in [3.63, 3.8) is 0 Å².